The molecule has 3 heteroatoms. The number of allylic oxidation sites excluding steroid dienone is 4. The number of rotatable bonds is 1. The van der Waals surface area contributed by atoms with E-state index in [0.29, 0.717) is 5.92 Å². The Morgan fingerprint density at radius 1 is 0.744 bits per heavy atom. The fourth-order valence-corrected chi connectivity index (χ4v) is 4.97. The summed E-state index contributed by atoms with van der Waals surface area (Å²) in [6.45, 7) is 20.0. The Labute approximate surface area is 264 Å². The van der Waals surface area contributed by atoms with Crippen LogP contribution in [0.25, 0.3) is 21.5 Å². The maximum absolute atomic E-state index is 3.29. The summed E-state index contributed by atoms with van der Waals surface area (Å²) >= 11 is 1.46. The van der Waals surface area contributed by atoms with Crippen LogP contribution in [0, 0.1) is 12.0 Å². The van der Waals surface area contributed by atoms with Gasteiger partial charge < -0.3 is 24.8 Å². The van der Waals surface area contributed by atoms with Gasteiger partial charge in [-0.15, -0.1) is 46.7 Å². The van der Waals surface area contributed by atoms with Gasteiger partial charge in [-0.25, -0.2) is 11.1 Å². The van der Waals surface area contributed by atoms with Gasteiger partial charge in [0.05, 0.1) is 0 Å². The molecule has 0 aromatic heterocycles. The average Bonchev–Trinajstić information content (AvgIpc) is 3.35. The molecule has 1 atom stereocenters. The molecule has 0 saturated heterocycles. The number of halogens is 2. The normalized spacial score (nSPS) is 14.6. The number of hydrogen-bond acceptors (Lipinski definition) is 0. The van der Waals surface area contributed by atoms with Gasteiger partial charge in [-0.05, 0) is 10.8 Å². The van der Waals surface area contributed by atoms with Crippen LogP contribution >= 0.6 is 0 Å². The molecule has 1 unspecified atom stereocenters. The quantitative estimate of drug-likeness (QED) is 0.277. The van der Waals surface area contributed by atoms with Crippen molar-refractivity contribution in [3.63, 3.8) is 0 Å². The van der Waals surface area contributed by atoms with Gasteiger partial charge in [0.1, 0.15) is 0 Å². The molecule has 0 saturated carbocycles. The van der Waals surface area contributed by atoms with Crippen LogP contribution < -0.4 is 24.8 Å². The summed E-state index contributed by atoms with van der Waals surface area (Å²) in [5.41, 5.74) is 7.24. The van der Waals surface area contributed by atoms with E-state index in [1.807, 2.05) is 6.07 Å². The first kappa shape index (κ1) is 35.4. The van der Waals surface area contributed by atoms with E-state index in [9.17, 15) is 0 Å². The van der Waals surface area contributed by atoms with E-state index in [2.05, 4.69) is 145 Å². The number of benzene rings is 3. The standard InChI is InChI=1S/C21H25.C8H11.C7H6.2ClH.Zr/c1-20(2,3)16-7-9-18-14(12-16)11-15-13-17(21(4,5)6)8-10-19(15)18;1-6-4-7(2)8(3)5-6;1-7-5-3-2-4-6-7;;;/h7-13H,1-6H3;4,6H,1-3H3;1-6H;2*1H;/q2*-1;;;;+2/p-2. The molecule has 0 radical (unpaired) electrons. The Morgan fingerprint density at radius 3 is 1.49 bits per heavy atom. The molecule has 5 rings (SSSR count). The van der Waals surface area contributed by atoms with Crippen molar-refractivity contribution < 1.29 is 49.0 Å². The van der Waals surface area contributed by atoms with E-state index in [-0.39, 0.29) is 35.6 Å². The van der Waals surface area contributed by atoms with Crippen LogP contribution in [0.2, 0.25) is 0 Å². The van der Waals surface area contributed by atoms with Crippen molar-refractivity contribution in [1.82, 2.24) is 0 Å². The summed E-state index contributed by atoms with van der Waals surface area (Å²) < 4.78 is 2.17. The second kappa shape index (κ2) is 14.8. The molecular formula is C36H42Cl2Zr-2. The van der Waals surface area contributed by atoms with Crippen LogP contribution in [0.1, 0.15) is 79.0 Å². The van der Waals surface area contributed by atoms with Crippen LogP contribution in [0.3, 0.4) is 0 Å². The van der Waals surface area contributed by atoms with Gasteiger partial charge in [0, 0.05) is 0 Å². The van der Waals surface area contributed by atoms with E-state index in [1.54, 1.807) is 0 Å². The molecule has 0 nitrogen and oxygen atoms in total. The topological polar surface area (TPSA) is 0 Å². The van der Waals surface area contributed by atoms with Gasteiger partial charge in [-0.2, -0.15) is 6.08 Å². The van der Waals surface area contributed by atoms with E-state index in [1.165, 1.54) is 73.6 Å². The van der Waals surface area contributed by atoms with E-state index < -0.39 is 0 Å². The van der Waals surface area contributed by atoms with Crippen molar-refractivity contribution >= 4 is 25.3 Å². The Morgan fingerprint density at radius 2 is 1.21 bits per heavy atom. The molecule has 0 aliphatic heterocycles. The zero-order valence-electron chi connectivity index (χ0n) is 24.9. The van der Waals surface area contributed by atoms with Gasteiger partial charge in [0.2, 0.25) is 0 Å². The third-order valence-electron chi connectivity index (χ3n) is 6.94. The molecule has 0 bridgehead atoms. The summed E-state index contributed by atoms with van der Waals surface area (Å²) in [7, 11) is 0. The zero-order chi connectivity index (χ0) is 27.4. The maximum atomic E-state index is 3.29. The first-order valence-corrected chi connectivity index (χ1v) is 14.7. The fourth-order valence-electron chi connectivity index (χ4n) is 4.50. The van der Waals surface area contributed by atoms with E-state index >= 15 is 0 Å². The second-order valence-corrected chi connectivity index (χ2v) is 12.9. The molecule has 0 spiro atoms. The van der Waals surface area contributed by atoms with Crippen molar-refractivity contribution in [2.45, 2.75) is 73.1 Å². The molecule has 39 heavy (non-hydrogen) atoms. The summed E-state index contributed by atoms with van der Waals surface area (Å²) in [4.78, 5) is 0. The van der Waals surface area contributed by atoms with E-state index in [0.717, 1.165) is 0 Å². The molecule has 0 N–H and O–H groups in total. The van der Waals surface area contributed by atoms with Crippen molar-refractivity contribution in [1.29, 1.82) is 0 Å². The van der Waals surface area contributed by atoms with Crippen LogP contribution in [0.5, 0.6) is 0 Å². The second-order valence-electron chi connectivity index (χ2n) is 12.2. The third-order valence-corrected chi connectivity index (χ3v) is 7.76. The average molecular weight is 637 g/mol. The van der Waals surface area contributed by atoms with Crippen molar-refractivity contribution in [2.24, 2.45) is 5.92 Å². The van der Waals surface area contributed by atoms with Crippen LogP contribution in [0.4, 0.5) is 0 Å². The Bertz CT molecular complexity index is 1340. The van der Waals surface area contributed by atoms with Crippen molar-refractivity contribution in [2.75, 3.05) is 0 Å². The van der Waals surface area contributed by atoms with Crippen molar-refractivity contribution in [3.8, 4) is 0 Å². The molecule has 1 aliphatic rings. The molecule has 0 heterocycles. The van der Waals surface area contributed by atoms with E-state index in [4.69, 9.17) is 0 Å². The first-order valence-electron chi connectivity index (χ1n) is 13.3. The van der Waals surface area contributed by atoms with Crippen LogP contribution in [-0.4, -0.2) is 3.71 Å². The zero-order valence-corrected chi connectivity index (χ0v) is 28.9. The summed E-state index contributed by atoms with van der Waals surface area (Å²) in [6.07, 6.45) is 5.52. The third kappa shape index (κ3) is 9.74. The monoisotopic (exact) mass is 634 g/mol. The van der Waals surface area contributed by atoms with Crippen LogP contribution in [0.15, 0.2) is 90.0 Å². The van der Waals surface area contributed by atoms with Crippen molar-refractivity contribution in [3.05, 3.63) is 113 Å². The molecule has 1 aliphatic carbocycles. The SMILES string of the molecule is CC(C)(C)c1ccc2c(c1)[cH-]c1cc(C(C)(C)C)ccc12.CC1=[C-]C(C)C=C1C.[Cl-].[Cl-].[Zr+2]=[CH]c1ccccc1. The van der Waals surface area contributed by atoms with Gasteiger partial charge in [0.25, 0.3) is 0 Å². The molecular weight excluding hydrogens is 595 g/mol. The molecule has 0 amide bonds. The fraction of sp³-hybridized carbons (Fsp3) is 0.333. The summed E-state index contributed by atoms with van der Waals surface area (Å²) in [5.74, 6) is 0.551. The van der Waals surface area contributed by atoms with Gasteiger partial charge in [-0.3, -0.25) is 6.08 Å². The van der Waals surface area contributed by atoms with Gasteiger partial charge >= 0.3 is 63.8 Å². The molecule has 0 fully saturated rings. The predicted octanol–water partition coefficient (Wildman–Crippen LogP) is 4.03. The van der Waals surface area contributed by atoms with Gasteiger partial charge in [0.15, 0.2) is 0 Å². The van der Waals surface area contributed by atoms with Gasteiger partial charge in [-0.1, -0.05) is 96.7 Å². The Kier molecular flexibility index (Phi) is 13.4. The van der Waals surface area contributed by atoms with Crippen LogP contribution in [-0.2, 0) is 35.1 Å². The first-order chi connectivity index (χ1) is 17.3. The Hall–Kier alpha value is -1.66. The molecule has 206 valence electrons. The minimum atomic E-state index is 0. The Balaban J connectivity index is 0.000000350. The predicted molar refractivity (Wildman–Crippen MR) is 161 cm³/mol. The minimum absolute atomic E-state index is 0. The molecule has 4 aromatic rings. The number of fused-ring (bicyclic) bond motifs is 3. The summed E-state index contributed by atoms with van der Waals surface area (Å²) in [5, 5.41) is 5.48. The summed E-state index contributed by atoms with van der Waals surface area (Å²) in [6, 6.07) is 26.5. The number of hydrogen-bond donors (Lipinski definition) is 0. The molecule has 4 aromatic carbocycles.